The van der Waals surface area contributed by atoms with Crippen molar-refractivity contribution >= 4 is 5.96 Å². The Hall–Kier alpha value is -1.52. The van der Waals surface area contributed by atoms with Crippen LogP contribution in [0.5, 0.6) is 0 Å². The van der Waals surface area contributed by atoms with Crippen LogP contribution in [-0.2, 0) is 6.54 Å². The lowest BCUT2D eigenvalue weighted by atomic mass is 10.1. The molecule has 0 saturated heterocycles. The van der Waals surface area contributed by atoms with Crippen LogP contribution in [0.3, 0.4) is 0 Å². The summed E-state index contributed by atoms with van der Waals surface area (Å²) in [5, 5.41) is 6.86. The Morgan fingerprint density at radius 2 is 2.14 bits per heavy atom. The fraction of sp³-hybridized carbons (Fsp3) is 0.765. The largest absolute Gasteiger partial charge is 0.356 e. The lowest BCUT2D eigenvalue weighted by molar-refractivity contribution is 0.542. The predicted molar refractivity (Wildman–Crippen MR) is 94.3 cm³/mol. The Labute approximate surface area is 135 Å². The number of aryl methyl sites for hydroxylation is 2. The van der Waals surface area contributed by atoms with Crippen molar-refractivity contribution in [1.29, 1.82) is 0 Å². The molecule has 22 heavy (non-hydrogen) atoms. The molecular formula is C17H33N5. The van der Waals surface area contributed by atoms with Gasteiger partial charge in [-0.1, -0.05) is 26.2 Å². The second kappa shape index (κ2) is 11.1. The number of nitrogens with zero attached hydrogens (tertiary/aromatic N) is 3. The quantitative estimate of drug-likeness (QED) is 0.397. The predicted octanol–water partition coefficient (Wildman–Crippen LogP) is 3.11. The van der Waals surface area contributed by atoms with E-state index in [2.05, 4.69) is 39.0 Å². The monoisotopic (exact) mass is 307 g/mol. The molecule has 0 amide bonds. The van der Waals surface area contributed by atoms with Gasteiger partial charge in [0, 0.05) is 38.6 Å². The minimum Gasteiger partial charge on any atom is -0.356 e. The van der Waals surface area contributed by atoms with Gasteiger partial charge in [0.25, 0.3) is 0 Å². The number of hydrogen-bond acceptors (Lipinski definition) is 2. The van der Waals surface area contributed by atoms with Gasteiger partial charge in [-0.15, -0.1) is 0 Å². The molecule has 126 valence electrons. The van der Waals surface area contributed by atoms with Gasteiger partial charge in [0.05, 0.1) is 0 Å². The zero-order chi connectivity index (χ0) is 16.2. The van der Waals surface area contributed by atoms with E-state index < -0.39 is 0 Å². The molecule has 0 aliphatic heterocycles. The van der Waals surface area contributed by atoms with E-state index in [-0.39, 0.29) is 0 Å². The van der Waals surface area contributed by atoms with E-state index in [9.17, 15) is 0 Å². The summed E-state index contributed by atoms with van der Waals surface area (Å²) in [6.07, 6.45) is 11.2. The van der Waals surface area contributed by atoms with Gasteiger partial charge in [0.1, 0.15) is 5.82 Å². The first-order valence-electron chi connectivity index (χ1n) is 8.62. The molecule has 1 atom stereocenters. The first kappa shape index (κ1) is 18.5. The van der Waals surface area contributed by atoms with Gasteiger partial charge in [0.2, 0.25) is 0 Å². The molecule has 0 radical (unpaired) electrons. The van der Waals surface area contributed by atoms with E-state index in [1.807, 2.05) is 26.4 Å². The first-order chi connectivity index (χ1) is 10.7. The lowest BCUT2D eigenvalue weighted by Gasteiger charge is -2.17. The summed E-state index contributed by atoms with van der Waals surface area (Å²) in [4.78, 5) is 8.54. The number of aromatic nitrogens is 2. The van der Waals surface area contributed by atoms with Crippen LogP contribution in [0, 0.1) is 6.92 Å². The smallest absolute Gasteiger partial charge is 0.191 e. The molecule has 1 heterocycles. The molecule has 0 bridgehead atoms. The highest BCUT2D eigenvalue weighted by molar-refractivity contribution is 5.79. The molecule has 0 aliphatic rings. The molecule has 0 aliphatic carbocycles. The van der Waals surface area contributed by atoms with Crippen molar-refractivity contribution in [1.82, 2.24) is 20.2 Å². The summed E-state index contributed by atoms with van der Waals surface area (Å²) in [7, 11) is 1.84. The Bertz CT molecular complexity index is 424. The molecule has 1 aromatic heterocycles. The van der Waals surface area contributed by atoms with Crippen molar-refractivity contribution in [2.24, 2.45) is 4.99 Å². The zero-order valence-electron chi connectivity index (χ0n) is 14.7. The number of imidazole rings is 1. The zero-order valence-corrected chi connectivity index (χ0v) is 14.7. The maximum atomic E-state index is 4.30. The van der Waals surface area contributed by atoms with Gasteiger partial charge < -0.3 is 15.2 Å². The maximum Gasteiger partial charge on any atom is 0.191 e. The van der Waals surface area contributed by atoms with Gasteiger partial charge in [-0.25, -0.2) is 4.98 Å². The van der Waals surface area contributed by atoms with Gasteiger partial charge in [-0.3, -0.25) is 4.99 Å². The summed E-state index contributed by atoms with van der Waals surface area (Å²) >= 11 is 0. The Morgan fingerprint density at radius 3 is 2.77 bits per heavy atom. The van der Waals surface area contributed by atoms with Gasteiger partial charge in [-0.05, 0) is 33.1 Å². The molecule has 5 nitrogen and oxygen atoms in total. The lowest BCUT2D eigenvalue weighted by Crippen LogP contribution is -2.42. The molecular weight excluding hydrogens is 274 g/mol. The number of unbranched alkanes of at least 4 members (excludes halogenated alkanes) is 3. The maximum absolute atomic E-state index is 4.30. The number of rotatable bonds is 10. The molecule has 0 fully saturated rings. The summed E-state index contributed by atoms with van der Waals surface area (Å²) in [6, 6.07) is 0.478. The van der Waals surface area contributed by atoms with E-state index in [0.717, 1.165) is 37.7 Å². The fourth-order valence-corrected chi connectivity index (χ4v) is 2.45. The molecule has 1 rings (SSSR count). The van der Waals surface area contributed by atoms with Crippen molar-refractivity contribution in [2.75, 3.05) is 13.6 Å². The molecule has 5 heteroatoms. The third kappa shape index (κ3) is 7.48. The van der Waals surface area contributed by atoms with Crippen molar-refractivity contribution in [2.45, 2.75) is 71.9 Å². The molecule has 1 aromatic rings. The van der Waals surface area contributed by atoms with Crippen LogP contribution in [0.15, 0.2) is 17.4 Å². The number of aliphatic imine (C=N–C) groups is 1. The highest BCUT2D eigenvalue weighted by atomic mass is 15.2. The Balaban J connectivity index is 2.12. The summed E-state index contributed by atoms with van der Waals surface area (Å²) in [5.41, 5.74) is 0. The first-order valence-corrected chi connectivity index (χ1v) is 8.62. The number of hydrogen-bond donors (Lipinski definition) is 2. The fourth-order valence-electron chi connectivity index (χ4n) is 2.45. The average Bonchev–Trinajstić information content (AvgIpc) is 2.91. The van der Waals surface area contributed by atoms with Gasteiger partial charge in [-0.2, -0.15) is 0 Å². The van der Waals surface area contributed by atoms with Crippen LogP contribution in [0.4, 0.5) is 0 Å². The molecule has 2 N–H and O–H groups in total. The van der Waals surface area contributed by atoms with Crippen LogP contribution in [-0.4, -0.2) is 35.1 Å². The highest BCUT2D eigenvalue weighted by Crippen LogP contribution is 2.02. The minimum absolute atomic E-state index is 0.478. The van der Waals surface area contributed by atoms with Crippen LogP contribution >= 0.6 is 0 Å². The van der Waals surface area contributed by atoms with Crippen LogP contribution in [0.1, 0.15) is 58.2 Å². The standard InChI is InChI=1S/C17H33N5/c1-5-6-7-10-15(2)21-17(18-4)20-11-8-9-13-22-14-12-19-16(22)3/h12,14-15H,5-11,13H2,1-4H3,(H2,18,20,21). The van der Waals surface area contributed by atoms with Crippen molar-refractivity contribution in [3.8, 4) is 0 Å². The van der Waals surface area contributed by atoms with Crippen molar-refractivity contribution in [3.05, 3.63) is 18.2 Å². The van der Waals surface area contributed by atoms with E-state index in [1.54, 1.807) is 0 Å². The van der Waals surface area contributed by atoms with E-state index in [4.69, 9.17) is 0 Å². The summed E-state index contributed by atoms with van der Waals surface area (Å²) in [5.74, 6) is 2.01. The number of guanidine groups is 1. The normalized spacial score (nSPS) is 13.2. The summed E-state index contributed by atoms with van der Waals surface area (Å²) < 4.78 is 2.20. The SMILES string of the molecule is CCCCCC(C)NC(=NC)NCCCCn1ccnc1C. The highest BCUT2D eigenvalue weighted by Gasteiger charge is 2.04. The second-order valence-corrected chi connectivity index (χ2v) is 5.92. The average molecular weight is 307 g/mol. The molecule has 0 spiro atoms. The van der Waals surface area contributed by atoms with Crippen LogP contribution < -0.4 is 10.6 Å². The number of nitrogens with one attached hydrogen (secondary N) is 2. The van der Waals surface area contributed by atoms with Crippen molar-refractivity contribution in [3.63, 3.8) is 0 Å². The van der Waals surface area contributed by atoms with Gasteiger partial charge in [0.15, 0.2) is 5.96 Å². The van der Waals surface area contributed by atoms with Crippen LogP contribution in [0.2, 0.25) is 0 Å². The third-order valence-corrected chi connectivity index (χ3v) is 3.89. The van der Waals surface area contributed by atoms with Crippen molar-refractivity contribution < 1.29 is 0 Å². The van der Waals surface area contributed by atoms with Gasteiger partial charge >= 0.3 is 0 Å². The topological polar surface area (TPSA) is 54.2 Å². The minimum atomic E-state index is 0.478. The van der Waals surface area contributed by atoms with E-state index in [1.165, 1.54) is 25.7 Å². The van der Waals surface area contributed by atoms with E-state index in [0.29, 0.717) is 6.04 Å². The Kier molecular flexibility index (Phi) is 9.35. The summed E-state index contributed by atoms with van der Waals surface area (Å²) in [6.45, 7) is 8.50. The molecule has 0 saturated carbocycles. The molecule has 1 unspecified atom stereocenters. The Morgan fingerprint density at radius 1 is 1.32 bits per heavy atom. The molecule has 0 aromatic carbocycles. The third-order valence-electron chi connectivity index (χ3n) is 3.89. The second-order valence-electron chi connectivity index (χ2n) is 5.92. The van der Waals surface area contributed by atoms with E-state index >= 15 is 0 Å². The van der Waals surface area contributed by atoms with Crippen LogP contribution in [0.25, 0.3) is 0 Å².